The molecule has 0 heterocycles. The molecule has 0 fully saturated rings. The Bertz CT molecular complexity index is 1040. The number of allylic oxidation sites excluding steroid dienone is 1. The van der Waals surface area contributed by atoms with Gasteiger partial charge in [-0.3, -0.25) is 14.9 Å². The highest BCUT2D eigenvalue weighted by Gasteiger charge is 2.11. The summed E-state index contributed by atoms with van der Waals surface area (Å²) in [7, 11) is 0. The Hall–Kier alpha value is -4.06. The average Bonchev–Trinajstić information content (AvgIpc) is 2.73. The van der Waals surface area contributed by atoms with E-state index in [-0.39, 0.29) is 17.0 Å². The topological polar surface area (TPSA) is 86.5 Å². The van der Waals surface area contributed by atoms with E-state index < -0.39 is 10.9 Å². The van der Waals surface area contributed by atoms with E-state index in [1.54, 1.807) is 54.6 Å². The molecule has 0 spiro atoms. The summed E-state index contributed by atoms with van der Waals surface area (Å²) in [5.41, 5.74) is 1.37. The van der Waals surface area contributed by atoms with Gasteiger partial charge >= 0.3 is 5.97 Å². The minimum Gasteiger partial charge on any atom is -0.423 e. The molecule has 0 amide bonds. The lowest BCUT2D eigenvalue weighted by atomic mass is 10.1. The molecule has 3 rings (SSSR count). The highest BCUT2D eigenvalue weighted by Crippen LogP contribution is 2.18. The van der Waals surface area contributed by atoms with E-state index in [1.165, 1.54) is 30.3 Å². The fourth-order valence-corrected chi connectivity index (χ4v) is 2.44. The minimum atomic E-state index is -0.628. The zero-order chi connectivity index (χ0) is 19.9. The largest absolute Gasteiger partial charge is 0.423 e. The second-order valence-electron chi connectivity index (χ2n) is 5.83. The van der Waals surface area contributed by atoms with E-state index in [1.807, 2.05) is 6.07 Å². The molecule has 28 heavy (non-hydrogen) atoms. The van der Waals surface area contributed by atoms with E-state index in [0.717, 1.165) is 0 Å². The fourth-order valence-electron chi connectivity index (χ4n) is 2.44. The molecule has 0 bridgehead atoms. The summed E-state index contributed by atoms with van der Waals surface area (Å²) >= 11 is 0. The molecular weight excluding hydrogens is 358 g/mol. The van der Waals surface area contributed by atoms with Crippen LogP contribution in [-0.4, -0.2) is 16.7 Å². The number of non-ortho nitro benzene ring substituents is 1. The van der Waals surface area contributed by atoms with Crippen LogP contribution in [0.4, 0.5) is 5.69 Å². The molecule has 6 heteroatoms. The zero-order valence-electron chi connectivity index (χ0n) is 14.6. The van der Waals surface area contributed by atoms with Gasteiger partial charge in [-0.05, 0) is 35.9 Å². The van der Waals surface area contributed by atoms with Gasteiger partial charge in [0.05, 0.1) is 10.5 Å². The number of carbonyl (C=O) groups is 2. The van der Waals surface area contributed by atoms with Crippen molar-refractivity contribution < 1.29 is 19.2 Å². The predicted molar refractivity (Wildman–Crippen MR) is 104 cm³/mol. The lowest BCUT2D eigenvalue weighted by Gasteiger charge is -2.05. The van der Waals surface area contributed by atoms with E-state index in [2.05, 4.69) is 0 Å². The van der Waals surface area contributed by atoms with Crippen LogP contribution in [0, 0.1) is 10.1 Å². The van der Waals surface area contributed by atoms with Crippen LogP contribution in [0.5, 0.6) is 5.75 Å². The molecule has 0 aromatic heterocycles. The molecule has 0 saturated carbocycles. The summed E-state index contributed by atoms with van der Waals surface area (Å²) in [6.07, 6.45) is 3.09. The van der Waals surface area contributed by atoms with Gasteiger partial charge < -0.3 is 4.74 Å². The van der Waals surface area contributed by atoms with Crippen LogP contribution < -0.4 is 4.74 Å². The first kappa shape index (κ1) is 18.7. The van der Waals surface area contributed by atoms with Crippen molar-refractivity contribution in [3.8, 4) is 5.75 Å². The molecule has 3 aromatic rings. The fraction of sp³-hybridized carbons (Fsp3) is 0. The smallest absolute Gasteiger partial charge is 0.343 e. The Labute approximate surface area is 160 Å². The maximum absolute atomic E-state index is 12.2. The summed E-state index contributed by atoms with van der Waals surface area (Å²) in [6, 6.07) is 20.7. The van der Waals surface area contributed by atoms with Crippen molar-refractivity contribution in [3.63, 3.8) is 0 Å². The molecule has 0 aliphatic carbocycles. The molecule has 138 valence electrons. The number of ketones is 1. The normalized spacial score (nSPS) is 10.6. The lowest BCUT2D eigenvalue weighted by molar-refractivity contribution is -0.384. The Morgan fingerprint density at radius 3 is 2.25 bits per heavy atom. The van der Waals surface area contributed by atoms with Gasteiger partial charge in [0.25, 0.3) is 5.69 Å². The summed E-state index contributed by atoms with van der Waals surface area (Å²) in [6.45, 7) is 0. The first-order chi connectivity index (χ1) is 13.5. The number of nitro groups is 1. The maximum Gasteiger partial charge on any atom is 0.343 e. The van der Waals surface area contributed by atoms with Gasteiger partial charge in [-0.2, -0.15) is 0 Å². The molecule has 0 atom stereocenters. The maximum atomic E-state index is 12.2. The number of hydrogen-bond donors (Lipinski definition) is 0. The zero-order valence-corrected chi connectivity index (χ0v) is 14.6. The number of hydrogen-bond acceptors (Lipinski definition) is 5. The Morgan fingerprint density at radius 1 is 0.857 bits per heavy atom. The molecule has 0 N–H and O–H groups in total. The Morgan fingerprint density at radius 2 is 1.57 bits per heavy atom. The first-order valence-electron chi connectivity index (χ1n) is 8.37. The molecule has 0 saturated heterocycles. The Kier molecular flexibility index (Phi) is 5.72. The quantitative estimate of drug-likeness (QED) is 0.156. The van der Waals surface area contributed by atoms with Gasteiger partial charge in [-0.25, -0.2) is 4.79 Å². The van der Waals surface area contributed by atoms with Gasteiger partial charge in [0.15, 0.2) is 5.78 Å². The number of nitrogens with zero attached hydrogens (tertiary/aromatic N) is 1. The number of benzene rings is 3. The average molecular weight is 373 g/mol. The third kappa shape index (κ3) is 4.76. The third-order valence-corrected chi connectivity index (χ3v) is 3.87. The second-order valence-corrected chi connectivity index (χ2v) is 5.83. The standard InChI is InChI=1S/C22H15NO5/c24-21(17-6-2-1-3-7-17)14-9-16-5-4-8-20(15-16)28-22(25)18-10-12-19(13-11-18)23(26)27/h1-15H/b14-9+. The summed E-state index contributed by atoms with van der Waals surface area (Å²) < 4.78 is 5.31. The van der Waals surface area contributed by atoms with Crippen LogP contribution in [0.15, 0.2) is 84.9 Å². The summed E-state index contributed by atoms with van der Waals surface area (Å²) in [5.74, 6) is -0.456. The van der Waals surface area contributed by atoms with Crippen molar-refractivity contribution in [2.24, 2.45) is 0 Å². The van der Waals surface area contributed by atoms with Crippen molar-refractivity contribution in [1.29, 1.82) is 0 Å². The van der Waals surface area contributed by atoms with E-state index >= 15 is 0 Å². The minimum absolute atomic E-state index is 0.105. The van der Waals surface area contributed by atoms with Crippen LogP contribution >= 0.6 is 0 Å². The molecule has 0 unspecified atom stereocenters. The van der Waals surface area contributed by atoms with Gasteiger partial charge in [-0.15, -0.1) is 0 Å². The summed E-state index contributed by atoms with van der Waals surface area (Å²) in [4.78, 5) is 34.4. The van der Waals surface area contributed by atoms with Crippen LogP contribution in [0.1, 0.15) is 26.3 Å². The second kappa shape index (κ2) is 8.55. The number of ether oxygens (including phenoxy) is 1. The predicted octanol–water partition coefficient (Wildman–Crippen LogP) is 4.71. The van der Waals surface area contributed by atoms with Crippen LogP contribution in [0.3, 0.4) is 0 Å². The number of carbonyl (C=O) groups excluding carboxylic acids is 2. The molecule has 6 nitrogen and oxygen atoms in total. The summed E-state index contributed by atoms with van der Waals surface area (Å²) in [5, 5.41) is 10.7. The molecule has 0 aliphatic heterocycles. The molecular formula is C22H15NO5. The highest BCUT2D eigenvalue weighted by atomic mass is 16.6. The molecule has 3 aromatic carbocycles. The van der Waals surface area contributed by atoms with Gasteiger partial charge in [0.1, 0.15) is 5.75 Å². The van der Waals surface area contributed by atoms with Gasteiger partial charge in [0, 0.05) is 17.7 Å². The third-order valence-electron chi connectivity index (χ3n) is 3.87. The number of esters is 1. The van der Waals surface area contributed by atoms with E-state index in [4.69, 9.17) is 4.74 Å². The lowest BCUT2D eigenvalue weighted by Crippen LogP contribution is -2.08. The van der Waals surface area contributed by atoms with Crippen LogP contribution in [0.25, 0.3) is 6.08 Å². The Balaban J connectivity index is 1.69. The van der Waals surface area contributed by atoms with Crippen molar-refractivity contribution in [1.82, 2.24) is 0 Å². The van der Waals surface area contributed by atoms with Gasteiger partial charge in [-0.1, -0.05) is 48.5 Å². The number of nitro benzene ring substituents is 1. The van der Waals surface area contributed by atoms with Crippen molar-refractivity contribution in [2.45, 2.75) is 0 Å². The van der Waals surface area contributed by atoms with Crippen LogP contribution in [-0.2, 0) is 0 Å². The number of rotatable bonds is 6. The van der Waals surface area contributed by atoms with E-state index in [0.29, 0.717) is 16.9 Å². The van der Waals surface area contributed by atoms with Crippen molar-refractivity contribution >= 4 is 23.5 Å². The molecule has 0 aliphatic rings. The van der Waals surface area contributed by atoms with Crippen molar-refractivity contribution in [2.75, 3.05) is 0 Å². The van der Waals surface area contributed by atoms with Crippen molar-refractivity contribution in [3.05, 3.63) is 112 Å². The molecule has 0 radical (unpaired) electrons. The van der Waals surface area contributed by atoms with Gasteiger partial charge in [0.2, 0.25) is 0 Å². The SMILES string of the molecule is O=C(/C=C/c1cccc(OC(=O)c2ccc([N+](=O)[O-])cc2)c1)c1ccccc1. The van der Waals surface area contributed by atoms with E-state index in [9.17, 15) is 19.7 Å². The van der Waals surface area contributed by atoms with Crippen LogP contribution in [0.2, 0.25) is 0 Å². The first-order valence-corrected chi connectivity index (χ1v) is 8.37. The highest BCUT2D eigenvalue weighted by molar-refractivity contribution is 6.06. The monoisotopic (exact) mass is 373 g/mol.